The standard InChI is InChI=1S/C21H36N4O4.HI/c1-8-25(20(26)29-21(2,3)4)14-13-24-19(22-5)23-12-11-16-9-10-17(27-6)18(15-16)28-7;/h9-10,15H,8,11-14H2,1-7H3,(H2,22,23,24);1H. The largest absolute Gasteiger partial charge is 0.493 e. The maximum absolute atomic E-state index is 12.2. The summed E-state index contributed by atoms with van der Waals surface area (Å²) in [7, 11) is 4.97. The maximum Gasteiger partial charge on any atom is 0.410 e. The van der Waals surface area contributed by atoms with Crippen molar-refractivity contribution in [2.45, 2.75) is 39.7 Å². The van der Waals surface area contributed by atoms with Crippen LogP contribution in [0.1, 0.15) is 33.3 Å². The number of ether oxygens (including phenoxy) is 3. The van der Waals surface area contributed by atoms with Gasteiger partial charge < -0.3 is 29.7 Å². The first kappa shape index (κ1) is 28.1. The van der Waals surface area contributed by atoms with Gasteiger partial charge in [0.15, 0.2) is 17.5 Å². The highest BCUT2D eigenvalue weighted by Crippen LogP contribution is 2.27. The van der Waals surface area contributed by atoms with Crippen LogP contribution < -0.4 is 20.1 Å². The van der Waals surface area contributed by atoms with Gasteiger partial charge in [-0.15, -0.1) is 24.0 Å². The molecule has 0 radical (unpaired) electrons. The number of hydrogen-bond acceptors (Lipinski definition) is 5. The number of hydrogen-bond donors (Lipinski definition) is 2. The van der Waals surface area contributed by atoms with Gasteiger partial charge in [-0.2, -0.15) is 0 Å². The molecule has 2 N–H and O–H groups in total. The second kappa shape index (κ2) is 14.2. The highest BCUT2D eigenvalue weighted by Gasteiger charge is 2.20. The second-order valence-corrected chi connectivity index (χ2v) is 7.43. The minimum atomic E-state index is -0.500. The lowest BCUT2D eigenvalue weighted by Crippen LogP contribution is -2.44. The van der Waals surface area contributed by atoms with E-state index < -0.39 is 5.60 Å². The van der Waals surface area contributed by atoms with Crippen molar-refractivity contribution in [2.24, 2.45) is 4.99 Å². The van der Waals surface area contributed by atoms with Gasteiger partial charge in [0.2, 0.25) is 0 Å². The van der Waals surface area contributed by atoms with Crippen LogP contribution in [0.4, 0.5) is 4.79 Å². The molecule has 1 amide bonds. The van der Waals surface area contributed by atoms with Crippen LogP contribution in [-0.2, 0) is 11.2 Å². The molecule has 0 aliphatic carbocycles. The number of benzene rings is 1. The summed E-state index contributed by atoms with van der Waals surface area (Å²) >= 11 is 0. The number of amides is 1. The van der Waals surface area contributed by atoms with E-state index in [2.05, 4.69) is 15.6 Å². The van der Waals surface area contributed by atoms with Crippen LogP contribution in [0.5, 0.6) is 11.5 Å². The smallest absolute Gasteiger partial charge is 0.410 e. The zero-order valence-corrected chi connectivity index (χ0v) is 21.5. The fourth-order valence-electron chi connectivity index (χ4n) is 2.60. The Balaban J connectivity index is 0.00000841. The summed E-state index contributed by atoms with van der Waals surface area (Å²) in [6.45, 7) is 9.91. The molecule has 0 saturated heterocycles. The summed E-state index contributed by atoms with van der Waals surface area (Å²) < 4.78 is 16.0. The lowest BCUT2D eigenvalue weighted by atomic mass is 10.1. The molecule has 1 aromatic carbocycles. The van der Waals surface area contributed by atoms with E-state index >= 15 is 0 Å². The molecule has 0 fully saturated rings. The van der Waals surface area contributed by atoms with Crippen LogP contribution in [0.3, 0.4) is 0 Å². The van der Waals surface area contributed by atoms with E-state index in [-0.39, 0.29) is 30.1 Å². The summed E-state index contributed by atoms with van der Waals surface area (Å²) in [6, 6.07) is 5.88. The van der Waals surface area contributed by atoms with E-state index in [0.717, 1.165) is 12.0 Å². The summed E-state index contributed by atoms with van der Waals surface area (Å²) in [6.07, 6.45) is 0.498. The Morgan fingerprint density at radius 3 is 2.27 bits per heavy atom. The lowest BCUT2D eigenvalue weighted by molar-refractivity contribution is 0.0264. The van der Waals surface area contributed by atoms with Gasteiger partial charge in [-0.25, -0.2) is 4.79 Å². The Hall–Kier alpha value is -1.91. The van der Waals surface area contributed by atoms with E-state index in [1.165, 1.54) is 0 Å². The molecular weight excluding hydrogens is 499 g/mol. The molecule has 0 aliphatic rings. The molecule has 0 saturated carbocycles. The van der Waals surface area contributed by atoms with Crippen LogP contribution >= 0.6 is 24.0 Å². The first-order valence-corrected chi connectivity index (χ1v) is 9.87. The number of likely N-dealkylation sites (N-methyl/N-ethyl adjacent to an activating group) is 1. The number of carbonyl (C=O) groups is 1. The topological polar surface area (TPSA) is 84.4 Å². The Kier molecular flexibility index (Phi) is 13.3. The quantitative estimate of drug-likeness (QED) is 0.287. The third kappa shape index (κ3) is 10.2. The van der Waals surface area contributed by atoms with Crippen molar-refractivity contribution < 1.29 is 19.0 Å². The van der Waals surface area contributed by atoms with E-state index in [1.54, 1.807) is 26.2 Å². The molecular formula is C21H37IN4O4. The Bertz CT molecular complexity index is 677. The van der Waals surface area contributed by atoms with Crippen molar-refractivity contribution in [3.05, 3.63) is 23.8 Å². The Morgan fingerprint density at radius 1 is 1.10 bits per heavy atom. The van der Waals surface area contributed by atoms with Gasteiger partial charge in [0.25, 0.3) is 0 Å². The molecule has 30 heavy (non-hydrogen) atoms. The number of carbonyl (C=O) groups excluding carboxylic acids is 1. The molecule has 0 bridgehead atoms. The van der Waals surface area contributed by atoms with E-state index in [0.29, 0.717) is 43.6 Å². The van der Waals surface area contributed by atoms with Gasteiger partial charge in [-0.3, -0.25) is 4.99 Å². The fourth-order valence-corrected chi connectivity index (χ4v) is 2.60. The molecule has 0 unspecified atom stereocenters. The van der Waals surface area contributed by atoms with Crippen molar-refractivity contribution in [1.82, 2.24) is 15.5 Å². The SMILES string of the molecule is CCN(CCNC(=NC)NCCc1ccc(OC)c(OC)c1)C(=O)OC(C)(C)C.I. The molecule has 0 spiro atoms. The monoisotopic (exact) mass is 536 g/mol. The van der Waals surface area contributed by atoms with Crippen LogP contribution in [0.2, 0.25) is 0 Å². The van der Waals surface area contributed by atoms with Gasteiger partial charge in [-0.1, -0.05) is 6.07 Å². The summed E-state index contributed by atoms with van der Waals surface area (Å²) in [5.41, 5.74) is 0.632. The van der Waals surface area contributed by atoms with Gasteiger partial charge in [0.05, 0.1) is 14.2 Å². The molecule has 1 aromatic rings. The van der Waals surface area contributed by atoms with Crippen molar-refractivity contribution in [1.29, 1.82) is 0 Å². The summed E-state index contributed by atoms with van der Waals surface area (Å²) in [4.78, 5) is 18.1. The molecule has 0 atom stereocenters. The van der Waals surface area contributed by atoms with Crippen LogP contribution in [0.15, 0.2) is 23.2 Å². The number of rotatable bonds is 9. The predicted molar refractivity (Wildman–Crippen MR) is 132 cm³/mol. The van der Waals surface area contributed by atoms with Crippen molar-refractivity contribution in [3.63, 3.8) is 0 Å². The first-order valence-electron chi connectivity index (χ1n) is 9.87. The molecule has 9 heteroatoms. The highest BCUT2D eigenvalue weighted by atomic mass is 127. The van der Waals surface area contributed by atoms with E-state index in [9.17, 15) is 4.79 Å². The Morgan fingerprint density at radius 2 is 1.73 bits per heavy atom. The zero-order valence-electron chi connectivity index (χ0n) is 19.2. The average Bonchev–Trinajstić information content (AvgIpc) is 2.68. The highest BCUT2D eigenvalue weighted by molar-refractivity contribution is 14.0. The van der Waals surface area contributed by atoms with Gasteiger partial charge >= 0.3 is 6.09 Å². The molecule has 1 rings (SSSR count). The van der Waals surface area contributed by atoms with Crippen molar-refractivity contribution in [3.8, 4) is 11.5 Å². The van der Waals surface area contributed by atoms with E-state index in [1.807, 2.05) is 45.9 Å². The number of halogens is 1. The van der Waals surface area contributed by atoms with Crippen LogP contribution in [-0.4, -0.2) is 70.0 Å². The number of nitrogens with zero attached hydrogens (tertiary/aromatic N) is 2. The number of nitrogens with one attached hydrogen (secondary N) is 2. The van der Waals surface area contributed by atoms with E-state index in [4.69, 9.17) is 14.2 Å². The Labute approximate surface area is 197 Å². The fraction of sp³-hybridized carbons (Fsp3) is 0.619. The minimum absolute atomic E-state index is 0. The molecule has 8 nitrogen and oxygen atoms in total. The molecule has 0 aromatic heterocycles. The number of methoxy groups -OCH3 is 2. The van der Waals surface area contributed by atoms with Gasteiger partial charge in [-0.05, 0) is 51.8 Å². The van der Waals surface area contributed by atoms with Crippen molar-refractivity contribution in [2.75, 3.05) is 47.4 Å². The third-order valence-corrected chi connectivity index (χ3v) is 4.09. The normalized spacial score (nSPS) is 11.2. The van der Waals surface area contributed by atoms with Gasteiger partial charge in [0, 0.05) is 33.2 Å². The van der Waals surface area contributed by atoms with Gasteiger partial charge in [0.1, 0.15) is 5.60 Å². The lowest BCUT2D eigenvalue weighted by Gasteiger charge is -2.26. The molecule has 0 heterocycles. The average molecular weight is 536 g/mol. The minimum Gasteiger partial charge on any atom is -0.493 e. The first-order chi connectivity index (χ1) is 13.7. The molecule has 0 aliphatic heterocycles. The van der Waals surface area contributed by atoms with Crippen LogP contribution in [0.25, 0.3) is 0 Å². The predicted octanol–water partition coefficient (Wildman–Crippen LogP) is 3.29. The van der Waals surface area contributed by atoms with Crippen LogP contribution in [0, 0.1) is 0 Å². The third-order valence-electron chi connectivity index (χ3n) is 4.09. The number of aliphatic imine (C=N–C) groups is 1. The van der Waals surface area contributed by atoms with Crippen molar-refractivity contribution >= 4 is 36.0 Å². The second-order valence-electron chi connectivity index (χ2n) is 7.43. The number of guanidine groups is 1. The summed E-state index contributed by atoms with van der Waals surface area (Å²) in [5.74, 6) is 2.12. The molecule has 172 valence electrons. The zero-order chi connectivity index (χ0) is 21.9. The maximum atomic E-state index is 12.2. The summed E-state index contributed by atoms with van der Waals surface area (Å²) in [5, 5.41) is 6.50.